The fraction of sp³-hybridized carbons (Fsp3) is 0.400. The first kappa shape index (κ1) is 15.0. The zero-order chi connectivity index (χ0) is 14.6. The van der Waals surface area contributed by atoms with Crippen LogP contribution in [0.15, 0.2) is 0 Å². The third kappa shape index (κ3) is 3.68. The lowest BCUT2D eigenvalue weighted by Gasteiger charge is -2.13. The summed E-state index contributed by atoms with van der Waals surface area (Å²) in [6.07, 6.45) is 0. The molecule has 0 bridgehead atoms. The molecule has 9 heteroatoms. The van der Waals surface area contributed by atoms with Gasteiger partial charge in [0, 0.05) is 0 Å². The highest BCUT2D eigenvalue weighted by molar-refractivity contribution is 6.31. The minimum Gasteiger partial charge on any atom is -0.464 e. The van der Waals surface area contributed by atoms with Gasteiger partial charge in [0.05, 0.1) is 6.61 Å². The van der Waals surface area contributed by atoms with Gasteiger partial charge in [0.15, 0.2) is 22.5 Å². The molecule has 0 saturated heterocycles. The van der Waals surface area contributed by atoms with E-state index in [1.165, 1.54) is 6.92 Å². The second kappa shape index (κ2) is 6.19. The van der Waals surface area contributed by atoms with Crippen molar-refractivity contribution >= 4 is 35.1 Å². The largest absolute Gasteiger partial charge is 0.464 e. The molecule has 1 aromatic heterocycles. The van der Waals surface area contributed by atoms with Crippen LogP contribution in [0, 0.1) is 0 Å². The van der Waals surface area contributed by atoms with Crippen LogP contribution in [0.2, 0.25) is 5.15 Å². The topological polar surface area (TPSA) is 133 Å². The Morgan fingerprint density at radius 1 is 1.37 bits per heavy atom. The second-order valence-electron chi connectivity index (χ2n) is 3.58. The molecule has 1 atom stereocenters. The molecular formula is C10H14ClN5O3. The Labute approximate surface area is 114 Å². The Kier molecular flexibility index (Phi) is 4.87. The number of esters is 1. The summed E-state index contributed by atoms with van der Waals surface area (Å²) in [6.45, 7) is 3.35. The molecule has 0 fully saturated rings. The molecule has 0 aliphatic heterocycles. The molecule has 1 aromatic rings. The molecule has 0 aliphatic carbocycles. The van der Waals surface area contributed by atoms with Crippen molar-refractivity contribution in [3.63, 3.8) is 0 Å². The minimum absolute atomic E-state index is 0.0749. The summed E-state index contributed by atoms with van der Waals surface area (Å²) >= 11 is 5.65. The van der Waals surface area contributed by atoms with Crippen molar-refractivity contribution in [3.05, 3.63) is 10.8 Å². The van der Waals surface area contributed by atoms with E-state index in [0.717, 1.165) is 0 Å². The maximum Gasteiger partial charge on any atom is 0.328 e. The van der Waals surface area contributed by atoms with Crippen molar-refractivity contribution < 1.29 is 14.3 Å². The van der Waals surface area contributed by atoms with Gasteiger partial charge in [0.2, 0.25) is 0 Å². The normalized spacial score (nSPS) is 11.7. The lowest BCUT2D eigenvalue weighted by atomic mass is 10.3. The number of halogens is 1. The summed E-state index contributed by atoms with van der Waals surface area (Å²) < 4.78 is 4.75. The van der Waals surface area contributed by atoms with Gasteiger partial charge in [-0.05, 0) is 13.8 Å². The smallest absolute Gasteiger partial charge is 0.328 e. The molecule has 8 nitrogen and oxygen atoms in total. The highest BCUT2D eigenvalue weighted by atomic mass is 35.5. The van der Waals surface area contributed by atoms with Crippen molar-refractivity contribution in [2.45, 2.75) is 19.9 Å². The number of carbonyl (C=O) groups excluding carboxylic acids is 2. The maximum atomic E-state index is 11.8. The molecule has 0 aliphatic rings. The minimum atomic E-state index is -0.843. The van der Waals surface area contributed by atoms with Crippen LogP contribution >= 0.6 is 11.6 Å². The summed E-state index contributed by atoms with van der Waals surface area (Å²) in [5, 5.41) is 2.24. The quantitative estimate of drug-likeness (QED) is 0.662. The molecule has 104 valence electrons. The Balaban J connectivity index is 2.84. The predicted molar refractivity (Wildman–Crippen MR) is 69.4 cm³/mol. The summed E-state index contributed by atoms with van der Waals surface area (Å²) in [7, 11) is 0. The Bertz CT molecular complexity index is 508. The van der Waals surface area contributed by atoms with Crippen LogP contribution in [0.5, 0.6) is 0 Å². The molecule has 1 amide bonds. The van der Waals surface area contributed by atoms with Crippen LogP contribution in [0.3, 0.4) is 0 Å². The standard InChI is InChI=1S/C10H14ClN5O3/c1-3-19-10(18)4(2)14-9(17)5-7(12)16-8(13)6(11)15-5/h4H,3H2,1-2H3,(H,14,17)(H4,12,13,16). The average molecular weight is 288 g/mol. The van der Waals surface area contributed by atoms with Crippen LogP contribution in [-0.2, 0) is 9.53 Å². The summed E-state index contributed by atoms with van der Waals surface area (Å²) in [5.74, 6) is -1.50. The lowest BCUT2D eigenvalue weighted by molar-refractivity contribution is -0.144. The van der Waals surface area contributed by atoms with Gasteiger partial charge in [-0.1, -0.05) is 11.6 Å². The molecule has 1 rings (SSSR count). The van der Waals surface area contributed by atoms with E-state index in [-0.39, 0.29) is 29.1 Å². The molecule has 19 heavy (non-hydrogen) atoms. The molecule has 0 aromatic carbocycles. The molecule has 0 saturated carbocycles. The molecule has 1 unspecified atom stereocenters. The number of ether oxygens (including phenoxy) is 1. The Morgan fingerprint density at radius 3 is 2.58 bits per heavy atom. The van der Waals surface area contributed by atoms with E-state index < -0.39 is 17.9 Å². The van der Waals surface area contributed by atoms with Crippen molar-refractivity contribution in [2.24, 2.45) is 0 Å². The number of anilines is 2. The first-order valence-corrected chi connectivity index (χ1v) is 5.80. The number of carbonyl (C=O) groups is 2. The first-order valence-electron chi connectivity index (χ1n) is 5.42. The monoisotopic (exact) mass is 287 g/mol. The first-order chi connectivity index (χ1) is 8.86. The number of nitrogens with zero attached hydrogens (tertiary/aromatic N) is 2. The van der Waals surface area contributed by atoms with E-state index >= 15 is 0 Å². The fourth-order valence-electron chi connectivity index (χ4n) is 1.20. The number of hydrogen-bond acceptors (Lipinski definition) is 7. The van der Waals surface area contributed by atoms with Crippen LogP contribution in [0.4, 0.5) is 11.6 Å². The van der Waals surface area contributed by atoms with Gasteiger partial charge >= 0.3 is 5.97 Å². The maximum absolute atomic E-state index is 11.8. The third-order valence-corrected chi connectivity index (χ3v) is 2.39. The number of nitrogens with two attached hydrogens (primary N) is 2. The lowest BCUT2D eigenvalue weighted by Crippen LogP contribution is -2.40. The van der Waals surface area contributed by atoms with Gasteiger partial charge in [0.1, 0.15) is 6.04 Å². The van der Waals surface area contributed by atoms with Gasteiger partial charge < -0.3 is 21.5 Å². The van der Waals surface area contributed by atoms with Gasteiger partial charge in [-0.15, -0.1) is 0 Å². The van der Waals surface area contributed by atoms with Gasteiger partial charge in [0.25, 0.3) is 5.91 Å². The SMILES string of the molecule is CCOC(=O)C(C)NC(=O)c1nc(Cl)c(N)nc1N. The Hall–Kier alpha value is -2.09. The van der Waals surface area contributed by atoms with E-state index in [1.807, 2.05) is 0 Å². The number of nitrogens with one attached hydrogen (secondary N) is 1. The van der Waals surface area contributed by atoms with Crippen molar-refractivity contribution in [2.75, 3.05) is 18.1 Å². The fourth-order valence-corrected chi connectivity index (χ4v) is 1.33. The van der Waals surface area contributed by atoms with E-state index in [0.29, 0.717) is 0 Å². The number of aromatic nitrogens is 2. The summed E-state index contributed by atoms with van der Waals surface area (Å²) in [6, 6.07) is -0.843. The van der Waals surface area contributed by atoms with Gasteiger partial charge in [-0.3, -0.25) is 4.79 Å². The highest BCUT2D eigenvalue weighted by Gasteiger charge is 2.21. The highest BCUT2D eigenvalue weighted by Crippen LogP contribution is 2.17. The summed E-state index contributed by atoms with van der Waals surface area (Å²) in [5.41, 5.74) is 10.7. The third-order valence-electron chi connectivity index (χ3n) is 2.11. The zero-order valence-electron chi connectivity index (χ0n) is 10.4. The average Bonchev–Trinajstić information content (AvgIpc) is 2.33. The number of rotatable bonds is 4. The predicted octanol–water partition coefficient (Wildman–Crippen LogP) is -0.0242. The summed E-state index contributed by atoms with van der Waals surface area (Å²) in [4.78, 5) is 30.6. The van der Waals surface area contributed by atoms with E-state index in [2.05, 4.69) is 15.3 Å². The van der Waals surface area contributed by atoms with Crippen molar-refractivity contribution in [3.8, 4) is 0 Å². The Morgan fingerprint density at radius 2 is 2.00 bits per heavy atom. The van der Waals surface area contributed by atoms with E-state index in [4.69, 9.17) is 27.8 Å². The van der Waals surface area contributed by atoms with E-state index in [1.54, 1.807) is 6.92 Å². The van der Waals surface area contributed by atoms with Gasteiger partial charge in [-0.2, -0.15) is 0 Å². The van der Waals surface area contributed by atoms with Gasteiger partial charge in [-0.25, -0.2) is 14.8 Å². The molecular weight excluding hydrogens is 274 g/mol. The van der Waals surface area contributed by atoms with E-state index in [9.17, 15) is 9.59 Å². The molecule has 0 radical (unpaired) electrons. The number of amides is 1. The van der Waals surface area contributed by atoms with Crippen LogP contribution in [0.25, 0.3) is 0 Å². The van der Waals surface area contributed by atoms with Crippen molar-refractivity contribution in [1.82, 2.24) is 15.3 Å². The number of hydrogen-bond donors (Lipinski definition) is 3. The molecule has 1 heterocycles. The second-order valence-corrected chi connectivity index (χ2v) is 3.94. The number of nitrogen functional groups attached to an aromatic ring is 2. The zero-order valence-corrected chi connectivity index (χ0v) is 11.2. The van der Waals surface area contributed by atoms with Crippen LogP contribution in [0.1, 0.15) is 24.3 Å². The van der Waals surface area contributed by atoms with Crippen LogP contribution in [-0.4, -0.2) is 34.5 Å². The molecule has 5 N–H and O–H groups in total. The molecule has 0 spiro atoms. The van der Waals surface area contributed by atoms with Crippen LogP contribution < -0.4 is 16.8 Å². The van der Waals surface area contributed by atoms with Crippen molar-refractivity contribution in [1.29, 1.82) is 0 Å².